The highest BCUT2D eigenvalue weighted by Gasteiger charge is 2.22. The number of hydrogen-bond donors (Lipinski definition) is 2. The van der Waals surface area contributed by atoms with E-state index in [-0.39, 0.29) is 11.8 Å². The molecular weight excluding hydrogens is 212 g/mol. The van der Waals surface area contributed by atoms with Crippen LogP contribution in [0, 0.1) is 11.8 Å². The van der Waals surface area contributed by atoms with E-state index in [1.807, 2.05) is 6.92 Å². The molecule has 1 fully saturated rings. The van der Waals surface area contributed by atoms with Crippen molar-refractivity contribution in [3.63, 3.8) is 0 Å². The van der Waals surface area contributed by atoms with Crippen LogP contribution in [0.1, 0.15) is 52.9 Å². The van der Waals surface area contributed by atoms with Crippen LogP contribution in [0.15, 0.2) is 0 Å². The maximum atomic E-state index is 12.0. The molecule has 0 spiro atoms. The minimum absolute atomic E-state index is 0.0704. The van der Waals surface area contributed by atoms with Gasteiger partial charge in [0.25, 0.3) is 0 Å². The second-order valence-corrected chi connectivity index (χ2v) is 5.40. The van der Waals surface area contributed by atoms with Crippen molar-refractivity contribution in [2.24, 2.45) is 11.8 Å². The van der Waals surface area contributed by atoms with Gasteiger partial charge in [0.1, 0.15) is 0 Å². The van der Waals surface area contributed by atoms with E-state index in [1.165, 1.54) is 32.1 Å². The summed E-state index contributed by atoms with van der Waals surface area (Å²) in [7, 11) is 0. The Kier molecular flexibility index (Phi) is 6.56. The standard InChI is InChI=1S/C14H28N2O/c1-4-15-10-11(2)14(17)16-12(3)13-8-6-5-7-9-13/h11-13,15H,4-10H2,1-3H3,(H,16,17). The van der Waals surface area contributed by atoms with Crippen LogP contribution in [-0.4, -0.2) is 25.0 Å². The molecule has 100 valence electrons. The van der Waals surface area contributed by atoms with Crippen LogP contribution in [0.5, 0.6) is 0 Å². The van der Waals surface area contributed by atoms with Crippen molar-refractivity contribution in [1.29, 1.82) is 0 Å². The van der Waals surface area contributed by atoms with Crippen LogP contribution >= 0.6 is 0 Å². The van der Waals surface area contributed by atoms with Gasteiger partial charge in [0.15, 0.2) is 0 Å². The van der Waals surface area contributed by atoms with Crippen LogP contribution in [-0.2, 0) is 4.79 Å². The molecule has 3 heteroatoms. The van der Waals surface area contributed by atoms with E-state index in [9.17, 15) is 4.79 Å². The molecule has 1 aliphatic rings. The molecule has 0 saturated heterocycles. The van der Waals surface area contributed by atoms with Crippen LogP contribution in [0.4, 0.5) is 0 Å². The summed E-state index contributed by atoms with van der Waals surface area (Å²) in [5.41, 5.74) is 0. The molecule has 0 bridgehead atoms. The zero-order chi connectivity index (χ0) is 12.7. The summed E-state index contributed by atoms with van der Waals surface area (Å²) in [6, 6.07) is 0.340. The van der Waals surface area contributed by atoms with E-state index in [4.69, 9.17) is 0 Å². The molecule has 1 rings (SSSR count). The maximum Gasteiger partial charge on any atom is 0.224 e. The Morgan fingerprint density at radius 1 is 1.24 bits per heavy atom. The summed E-state index contributed by atoms with van der Waals surface area (Å²) in [6.45, 7) is 7.92. The van der Waals surface area contributed by atoms with Crippen LogP contribution < -0.4 is 10.6 Å². The number of hydrogen-bond acceptors (Lipinski definition) is 2. The molecule has 2 unspecified atom stereocenters. The Labute approximate surface area is 106 Å². The first-order valence-electron chi connectivity index (χ1n) is 7.16. The molecule has 0 aromatic heterocycles. The highest BCUT2D eigenvalue weighted by atomic mass is 16.1. The average molecular weight is 240 g/mol. The topological polar surface area (TPSA) is 41.1 Å². The number of rotatable bonds is 6. The number of carbonyl (C=O) groups is 1. The predicted octanol–water partition coefficient (Wildman–Crippen LogP) is 2.32. The van der Waals surface area contributed by atoms with Gasteiger partial charge in [0.2, 0.25) is 5.91 Å². The lowest BCUT2D eigenvalue weighted by Crippen LogP contribution is -2.43. The van der Waals surface area contributed by atoms with Crippen molar-refractivity contribution >= 4 is 5.91 Å². The maximum absolute atomic E-state index is 12.0. The third-order valence-corrected chi connectivity index (χ3v) is 3.87. The average Bonchev–Trinajstić information content (AvgIpc) is 2.36. The van der Waals surface area contributed by atoms with E-state index < -0.39 is 0 Å². The lowest BCUT2D eigenvalue weighted by molar-refractivity contribution is -0.125. The largest absolute Gasteiger partial charge is 0.353 e. The van der Waals surface area contributed by atoms with E-state index in [2.05, 4.69) is 24.5 Å². The van der Waals surface area contributed by atoms with Gasteiger partial charge in [-0.2, -0.15) is 0 Å². The number of nitrogens with one attached hydrogen (secondary N) is 2. The molecule has 2 atom stereocenters. The van der Waals surface area contributed by atoms with Crippen molar-refractivity contribution in [2.45, 2.75) is 58.9 Å². The molecule has 0 aliphatic heterocycles. The monoisotopic (exact) mass is 240 g/mol. The molecule has 0 radical (unpaired) electrons. The lowest BCUT2D eigenvalue weighted by atomic mass is 9.84. The minimum atomic E-state index is 0.0704. The van der Waals surface area contributed by atoms with Gasteiger partial charge in [0, 0.05) is 18.5 Å². The van der Waals surface area contributed by atoms with Gasteiger partial charge in [-0.3, -0.25) is 4.79 Å². The van der Waals surface area contributed by atoms with E-state index in [0.29, 0.717) is 12.0 Å². The number of carbonyl (C=O) groups excluding carboxylic acids is 1. The first kappa shape index (κ1) is 14.5. The molecule has 0 heterocycles. The van der Waals surface area contributed by atoms with Crippen molar-refractivity contribution in [2.75, 3.05) is 13.1 Å². The Balaban J connectivity index is 2.28. The van der Waals surface area contributed by atoms with E-state index >= 15 is 0 Å². The summed E-state index contributed by atoms with van der Waals surface area (Å²) >= 11 is 0. The normalized spacial score (nSPS) is 20.9. The molecule has 1 saturated carbocycles. The van der Waals surface area contributed by atoms with Gasteiger partial charge in [-0.25, -0.2) is 0 Å². The fraction of sp³-hybridized carbons (Fsp3) is 0.929. The van der Waals surface area contributed by atoms with E-state index in [1.54, 1.807) is 0 Å². The fourth-order valence-electron chi connectivity index (χ4n) is 2.57. The third kappa shape index (κ3) is 5.07. The SMILES string of the molecule is CCNCC(C)C(=O)NC(C)C1CCCCC1. The Morgan fingerprint density at radius 2 is 1.88 bits per heavy atom. The summed E-state index contributed by atoms with van der Waals surface area (Å²) < 4.78 is 0. The molecule has 17 heavy (non-hydrogen) atoms. The van der Waals surface area contributed by atoms with Crippen LogP contribution in [0.2, 0.25) is 0 Å². The summed E-state index contributed by atoms with van der Waals surface area (Å²) in [5.74, 6) is 0.962. The van der Waals surface area contributed by atoms with Gasteiger partial charge in [-0.05, 0) is 32.2 Å². The summed E-state index contributed by atoms with van der Waals surface area (Å²) in [6.07, 6.45) is 6.59. The quantitative estimate of drug-likeness (QED) is 0.748. The van der Waals surface area contributed by atoms with Crippen LogP contribution in [0.25, 0.3) is 0 Å². The fourth-order valence-corrected chi connectivity index (χ4v) is 2.57. The third-order valence-electron chi connectivity index (χ3n) is 3.87. The van der Waals surface area contributed by atoms with Crippen molar-refractivity contribution < 1.29 is 4.79 Å². The smallest absolute Gasteiger partial charge is 0.224 e. The zero-order valence-electron chi connectivity index (χ0n) is 11.6. The van der Waals surface area contributed by atoms with Crippen molar-refractivity contribution in [1.82, 2.24) is 10.6 Å². The van der Waals surface area contributed by atoms with Crippen molar-refractivity contribution in [3.8, 4) is 0 Å². The van der Waals surface area contributed by atoms with Crippen molar-refractivity contribution in [3.05, 3.63) is 0 Å². The summed E-state index contributed by atoms with van der Waals surface area (Å²) in [4.78, 5) is 12.0. The predicted molar refractivity (Wildman–Crippen MR) is 71.9 cm³/mol. The van der Waals surface area contributed by atoms with Crippen LogP contribution in [0.3, 0.4) is 0 Å². The highest BCUT2D eigenvalue weighted by molar-refractivity contribution is 5.78. The Hall–Kier alpha value is -0.570. The molecule has 1 amide bonds. The van der Waals surface area contributed by atoms with Gasteiger partial charge >= 0.3 is 0 Å². The minimum Gasteiger partial charge on any atom is -0.353 e. The first-order valence-corrected chi connectivity index (χ1v) is 7.16. The highest BCUT2D eigenvalue weighted by Crippen LogP contribution is 2.26. The molecule has 3 nitrogen and oxygen atoms in total. The molecule has 1 aliphatic carbocycles. The Bertz CT molecular complexity index is 224. The van der Waals surface area contributed by atoms with E-state index in [0.717, 1.165) is 13.1 Å². The lowest BCUT2D eigenvalue weighted by Gasteiger charge is -2.29. The summed E-state index contributed by atoms with van der Waals surface area (Å²) in [5, 5.41) is 6.40. The van der Waals surface area contributed by atoms with Gasteiger partial charge in [-0.15, -0.1) is 0 Å². The Morgan fingerprint density at radius 3 is 2.47 bits per heavy atom. The molecular formula is C14H28N2O. The number of amides is 1. The molecule has 2 N–H and O–H groups in total. The van der Waals surface area contributed by atoms with Gasteiger partial charge < -0.3 is 10.6 Å². The zero-order valence-corrected chi connectivity index (χ0v) is 11.6. The molecule has 0 aromatic carbocycles. The van der Waals surface area contributed by atoms with Gasteiger partial charge in [-0.1, -0.05) is 33.1 Å². The van der Waals surface area contributed by atoms with Gasteiger partial charge in [0.05, 0.1) is 0 Å². The molecule has 0 aromatic rings. The second-order valence-electron chi connectivity index (χ2n) is 5.40. The first-order chi connectivity index (χ1) is 8.15. The second kappa shape index (κ2) is 7.70.